The minimum atomic E-state index is -0.701. The molecular weight excluding hydrogens is 230 g/mol. The van der Waals surface area contributed by atoms with E-state index in [1.807, 2.05) is 0 Å². The van der Waals surface area contributed by atoms with E-state index >= 15 is 0 Å². The number of aromatic amines is 1. The molecule has 7 heteroatoms. The number of aromatic nitrogens is 4. The van der Waals surface area contributed by atoms with Gasteiger partial charge in [-0.05, 0) is 13.8 Å². The highest BCUT2D eigenvalue weighted by atomic mass is 35.5. The molecule has 0 aromatic carbocycles. The van der Waals surface area contributed by atoms with Crippen LogP contribution in [0.1, 0.15) is 13.8 Å². The maximum Gasteiger partial charge on any atom is 0.203 e. The lowest BCUT2D eigenvalue weighted by Gasteiger charge is -2.17. The fraction of sp³-hybridized carbons (Fsp3) is 0.333. The third-order valence-corrected chi connectivity index (χ3v) is 2.26. The van der Waals surface area contributed by atoms with E-state index in [-0.39, 0.29) is 0 Å². The molecule has 0 unspecified atom stereocenters. The number of anilines is 1. The Morgan fingerprint density at radius 2 is 2.25 bits per heavy atom. The van der Waals surface area contributed by atoms with Crippen molar-refractivity contribution in [2.75, 3.05) is 5.32 Å². The van der Waals surface area contributed by atoms with Gasteiger partial charge in [-0.15, -0.1) is 0 Å². The van der Waals surface area contributed by atoms with Crippen LogP contribution in [0.3, 0.4) is 0 Å². The molecule has 6 nitrogen and oxygen atoms in total. The van der Waals surface area contributed by atoms with Crippen LogP contribution in [0.4, 0.5) is 5.95 Å². The van der Waals surface area contributed by atoms with Gasteiger partial charge in [0.25, 0.3) is 0 Å². The van der Waals surface area contributed by atoms with Crippen molar-refractivity contribution < 1.29 is 4.79 Å². The summed E-state index contributed by atoms with van der Waals surface area (Å²) in [6, 6.07) is 0. The van der Waals surface area contributed by atoms with E-state index in [1.54, 1.807) is 13.8 Å². The Morgan fingerprint density at radius 3 is 2.88 bits per heavy atom. The van der Waals surface area contributed by atoms with Crippen molar-refractivity contribution in [2.45, 2.75) is 19.4 Å². The van der Waals surface area contributed by atoms with Crippen molar-refractivity contribution in [1.82, 2.24) is 19.9 Å². The van der Waals surface area contributed by atoms with E-state index in [1.165, 1.54) is 6.33 Å². The zero-order valence-corrected chi connectivity index (χ0v) is 9.54. The summed E-state index contributed by atoms with van der Waals surface area (Å²) in [5.41, 5.74) is 0.311. The van der Waals surface area contributed by atoms with Crippen LogP contribution in [0.25, 0.3) is 11.2 Å². The molecule has 0 aliphatic rings. The van der Waals surface area contributed by atoms with Crippen LogP contribution in [0.15, 0.2) is 6.33 Å². The first-order chi connectivity index (χ1) is 7.52. The third-order valence-electron chi connectivity index (χ3n) is 1.98. The number of imidazole rings is 1. The highest BCUT2D eigenvalue weighted by Gasteiger charge is 2.18. The first kappa shape index (κ1) is 10.8. The highest BCUT2D eigenvalue weighted by Crippen LogP contribution is 2.19. The topological polar surface area (TPSA) is 83.6 Å². The second-order valence-electron chi connectivity index (χ2n) is 3.91. The Bertz CT molecular complexity index is 536. The second kappa shape index (κ2) is 3.71. The van der Waals surface area contributed by atoms with Crippen LogP contribution >= 0.6 is 11.6 Å². The summed E-state index contributed by atoms with van der Waals surface area (Å²) in [5, 5.41) is 3.22. The maximum absolute atomic E-state index is 10.8. The molecule has 0 aliphatic carbocycles. The molecule has 2 heterocycles. The number of nitrogens with zero attached hydrogens (tertiary/aromatic N) is 3. The summed E-state index contributed by atoms with van der Waals surface area (Å²) >= 11 is 5.86. The molecule has 0 spiro atoms. The zero-order valence-electron chi connectivity index (χ0n) is 8.78. The molecular formula is C9H10ClN5O. The summed E-state index contributed by atoms with van der Waals surface area (Å²) in [6.45, 7) is 3.47. The molecule has 0 aliphatic heterocycles. The predicted octanol–water partition coefficient (Wildman–Crippen LogP) is 1.40. The Morgan fingerprint density at radius 1 is 1.50 bits per heavy atom. The Hall–Kier alpha value is -1.69. The summed E-state index contributed by atoms with van der Waals surface area (Å²) < 4.78 is 0. The van der Waals surface area contributed by atoms with E-state index in [2.05, 4.69) is 25.3 Å². The highest BCUT2D eigenvalue weighted by molar-refractivity contribution is 6.33. The van der Waals surface area contributed by atoms with Gasteiger partial charge in [0.15, 0.2) is 10.8 Å². The van der Waals surface area contributed by atoms with Crippen molar-refractivity contribution in [3.8, 4) is 0 Å². The van der Waals surface area contributed by atoms with Gasteiger partial charge in [0.2, 0.25) is 5.95 Å². The number of H-pyrrole nitrogens is 1. The smallest absolute Gasteiger partial charge is 0.203 e. The summed E-state index contributed by atoms with van der Waals surface area (Å²) in [5.74, 6) is 0.439. The number of halogens is 1. The average molecular weight is 240 g/mol. The monoisotopic (exact) mass is 239 g/mol. The fourth-order valence-electron chi connectivity index (χ4n) is 1.19. The van der Waals surface area contributed by atoms with Gasteiger partial charge in [-0.3, -0.25) is 0 Å². The standard InChI is InChI=1S/C9H10ClN5O/c1-9(2,3-16)15-8-13-5-6(10)11-4-12-7(5)14-8/h3-4H,1-2H3,(H2,11,12,13,14,15). The molecule has 0 amide bonds. The largest absolute Gasteiger partial charge is 0.344 e. The molecule has 0 fully saturated rings. The number of fused-ring (bicyclic) bond motifs is 1. The Balaban J connectivity index is 2.41. The molecule has 0 saturated heterocycles. The lowest BCUT2D eigenvalue weighted by molar-refractivity contribution is -0.110. The molecule has 84 valence electrons. The molecule has 0 atom stereocenters. The van der Waals surface area contributed by atoms with Crippen molar-refractivity contribution >= 4 is 35.0 Å². The van der Waals surface area contributed by atoms with Gasteiger partial charge < -0.3 is 15.1 Å². The van der Waals surface area contributed by atoms with Crippen LogP contribution in [0, 0.1) is 0 Å². The number of carbonyl (C=O) groups excluding carboxylic acids is 1. The number of hydrogen-bond acceptors (Lipinski definition) is 5. The molecule has 0 saturated carbocycles. The third kappa shape index (κ3) is 1.96. The van der Waals surface area contributed by atoms with Gasteiger partial charge in [0.1, 0.15) is 18.1 Å². The maximum atomic E-state index is 10.8. The average Bonchev–Trinajstić information content (AvgIpc) is 2.61. The Labute approximate surface area is 96.5 Å². The number of nitrogens with one attached hydrogen (secondary N) is 2. The minimum Gasteiger partial charge on any atom is -0.344 e. The van der Waals surface area contributed by atoms with E-state index in [0.717, 1.165) is 6.29 Å². The van der Waals surface area contributed by atoms with Crippen molar-refractivity contribution in [1.29, 1.82) is 0 Å². The zero-order chi connectivity index (χ0) is 11.8. The SMILES string of the molecule is CC(C)(C=O)Nc1nc2ncnc(Cl)c2[nH]1. The Kier molecular flexibility index (Phi) is 2.51. The van der Waals surface area contributed by atoms with E-state index in [0.29, 0.717) is 22.3 Å². The van der Waals surface area contributed by atoms with Gasteiger partial charge in [-0.1, -0.05) is 11.6 Å². The molecule has 0 radical (unpaired) electrons. The lowest BCUT2D eigenvalue weighted by atomic mass is 10.1. The fourth-order valence-corrected chi connectivity index (χ4v) is 1.37. The quantitative estimate of drug-likeness (QED) is 0.625. The molecule has 16 heavy (non-hydrogen) atoms. The first-order valence-corrected chi connectivity index (χ1v) is 5.00. The number of hydrogen-bond donors (Lipinski definition) is 2. The van der Waals surface area contributed by atoms with Crippen LogP contribution in [-0.4, -0.2) is 31.8 Å². The summed E-state index contributed by atoms with van der Waals surface area (Å²) in [4.78, 5) is 25.6. The molecule has 2 N–H and O–H groups in total. The summed E-state index contributed by atoms with van der Waals surface area (Å²) in [6.07, 6.45) is 2.13. The van der Waals surface area contributed by atoms with Crippen molar-refractivity contribution in [2.24, 2.45) is 0 Å². The van der Waals surface area contributed by atoms with E-state index in [4.69, 9.17) is 11.6 Å². The van der Waals surface area contributed by atoms with Gasteiger partial charge in [0, 0.05) is 0 Å². The second-order valence-corrected chi connectivity index (χ2v) is 4.27. The summed E-state index contributed by atoms with van der Waals surface area (Å²) in [7, 11) is 0. The van der Waals surface area contributed by atoms with Crippen LogP contribution in [0.2, 0.25) is 5.15 Å². The predicted molar refractivity (Wildman–Crippen MR) is 60.5 cm³/mol. The van der Waals surface area contributed by atoms with Crippen molar-refractivity contribution in [3.05, 3.63) is 11.5 Å². The van der Waals surface area contributed by atoms with Gasteiger partial charge >= 0.3 is 0 Å². The van der Waals surface area contributed by atoms with E-state index in [9.17, 15) is 4.79 Å². The van der Waals surface area contributed by atoms with Crippen LogP contribution in [-0.2, 0) is 4.79 Å². The first-order valence-electron chi connectivity index (χ1n) is 4.62. The number of aldehydes is 1. The van der Waals surface area contributed by atoms with Crippen LogP contribution < -0.4 is 5.32 Å². The van der Waals surface area contributed by atoms with Crippen LogP contribution in [0.5, 0.6) is 0 Å². The minimum absolute atomic E-state index is 0.300. The number of rotatable bonds is 3. The normalized spacial score (nSPS) is 11.7. The molecule has 2 rings (SSSR count). The van der Waals surface area contributed by atoms with Gasteiger partial charge in [0.05, 0.1) is 5.54 Å². The van der Waals surface area contributed by atoms with Crippen molar-refractivity contribution in [3.63, 3.8) is 0 Å². The van der Waals surface area contributed by atoms with Gasteiger partial charge in [-0.25, -0.2) is 9.97 Å². The number of carbonyl (C=O) groups is 1. The molecule has 2 aromatic rings. The lowest BCUT2D eigenvalue weighted by Crippen LogP contribution is -2.32. The van der Waals surface area contributed by atoms with E-state index < -0.39 is 5.54 Å². The molecule has 2 aromatic heterocycles. The molecule has 0 bridgehead atoms. The van der Waals surface area contributed by atoms with Gasteiger partial charge in [-0.2, -0.15) is 4.98 Å².